The number of hydrogen-bond donors (Lipinski definition) is 0. The fourth-order valence-corrected chi connectivity index (χ4v) is 1.78. The third-order valence-electron chi connectivity index (χ3n) is 2.81. The Hall–Kier alpha value is -2.17. The van der Waals surface area contributed by atoms with Gasteiger partial charge in [0.05, 0.1) is 13.2 Å². The van der Waals surface area contributed by atoms with E-state index >= 15 is 0 Å². The van der Waals surface area contributed by atoms with Crippen LogP contribution in [0.15, 0.2) is 24.3 Å². The summed E-state index contributed by atoms with van der Waals surface area (Å²) in [6.07, 6.45) is 0.616. The van der Waals surface area contributed by atoms with Crippen LogP contribution in [0, 0.1) is 0 Å². The van der Waals surface area contributed by atoms with E-state index in [-0.39, 0.29) is 24.8 Å². The van der Waals surface area contributed by atoms with E-state index < -0.39 is 5.97 Å². The third kappa shape index (κ3) is 6.21. The first-order valence-electron chi connectivity index (χ1n) is 7.00. The van der Waals surface area contributed by atoms with E-state index in [1.165, 1.54) is 0 Å². The van der Waals surface area contributed by atoms with Gasteiger partial charge in [-0.25, -0.2) is 0 Å². The summed E-state index contributed by atoms with van der Waals surface area (Å²) in [6.45, 7) is 4.10. The zero-order valence-electron chi connectivity index (χ0n) is 12.4. The first kappa shape index (κ1) is 16.9. The highest BCUT2D eigenvalue weighted by Gasteiger charge is 2.12. The van der Waals surface area contributed by atoms with Crippen molar-refractivity contribution in [2.75, 3.05) is 13.2 Å². The van der Waals surface area contributed by atoms with Gasteiger partial charge >= 0.3 is 11.9 Å². The molecule has 114 valence electrons. The molecule has 0 atom stereocenters. The molecular formula is C16H20O5. The molecule has 5 heteroatoms. The van der Waals surface area contributed by atoms with Crippen LogP contribution in [0.5, 0.6) is 0 Å². The standard InChI is InChI=1S/C16H20O5/c1-3-20-15(18)10-7-12-5-8-13(9-6-12)14(17)11-16(19)21-4-2/h5-6,8-9H,3-4,7,10-11H2,1-2H3. The number of ether oxygens (including phenoxy) is 2. The minimum Gasteiger partial charge on any atom is -0.466 e. The van der Waals surface area contributed by atoms with Gasteiger partial charge in [-0.15, -0.1) is 0 Å². The number of carbonyl (C=O) groups is 3. The molecule has 0 saturated heterocycles. The lowest BCUT2D eigenvalue weighted by molar-refractivity contribution is -0.143. The Morgan fingerprint density at radius 2 is 1.48 bits per heavy atom. The summed E-state index contributed by atoms with van der Waals surface area (Å²) in [5.41, 5.74) is 1.40. The van der Waals surface area contributed by atoms with Gasteiger partial charge in [0.15, 0.2) is 5.78 Å². The monoisotopic (exact) mass is 292 g/mol. The Balaban J connectivity index is 2.51. The summed E-state index contributed by atoms with van der Waals surface area (Å²) in [5.74, 6) is -1.03. The zero-order chi connectivity index (χ0) is 15.7. The quantitative estimate of drug-likeness (QED) is 0.418. The molecule has 0 unspecified atom stereocenters. The number of esters is 2. The number of ketones is 1. The van der Waals surface area contributed by atoms with Crippen molar-refractivity contribution >= 4 is 17.7 Å². The Morgan fingerprint density at radius 1 is 0.905 bits per heavy atom. The Bertz CT molecular complexity index is 490. The molecule has 0 bridgehead atoms. The van der Waals surface area contributed by atoms with Gasteiger partial charge in [-0.05, 0) is 25.8 Å². The molecule has 0 amide bonds. The predicted octanol–water partition coefficient (Wildman–Crippen LogP) is 2.32. The second-order valence-electron chi connectivity index (χ2n) is 4.41. The van der Waals surface area contributed by atoms with E-state index in [0.717, 1.165) is 5.56 Å². The first-order chi connectivity index (χ1) is 10.1. The topological polar surface area (TPSA) is 69.7 Å². The summed E-state index contributed by atoms with van der Waals surface area (Å²) < 4.78 is 9.58. The fraction of sp³-hybridized carbons (Fsp3) is 0.438. The third-order valence-corrected chi connectivity index (χ3v) is 2.81. The minimum atomic E-state index is -0.520. The largest absolute Gasteiger partial charge is 0.466 e. The van der Waals surface area contributed by atoms with Gasteiger partial charge in [0.2, 0.25) is 0 Å². The number of Topliss-reactive ketones (excluding diaryl/α,β-unsaturated/α-hetero) is 1. The summed E-state index contributed by atoms with van der Waals surface area (Å²) in [6, 6.07) is 6.86. The van der Waals surface area contributed by atoms with Crippen molar-refractivity contribution < 1.29 is 23.9 Å². The lowest BCUT2D eigenvalue weighted by Gasteiger charge is -2.04. The molecule has 5 nitrogen and oxygen atoms in total. The van der Waals surface area contributed by atoms with E-state index in [1.54, 1.807) is 38.1 Å². The van der Waals surface area contributed by atoms with Gasteiger partial charge < -0.3 is 9.47 Å². The molecule has 0 fully saturated rings. The number of aryl methyl sites for hydroxylation is 1. The maximum Gasteiger partial charge on any atom is 0.313 e. The van der Waals surface area contributed by atoms with E-state index in [2.05, 4.69) is 0 Å². The number of carbonyl (C=O) groups excluding carboxylic acids is 3. The molecular weight excluding hydrogens is 272 g/mol. The van der Waals surface area contributed by atoms with Gasteiger partial charge in [0.1, 0.15) is 6.42 Å². The van der Waals surface area contributed by atoms with Gasteiger partial charge in [-0.3, -0.25) is 14.4 Å². The molecule has 0 aromatic heterocycles. The van der Waals surface area contributed by atoms with Gasteiger partial charge in [0, 0.05) is 12.0 Å². The number of benzene rings is 1. The van der Waals surface area contributed by atoms with Crippen LogP contribution in [-0.4, -0.2) is 30.9 Å². The number of hydrogen-bond acceptors (Lipinski definition) is 5. The molecule has 0 aliphatic rings. The van der Waals surface area contributed by atoms with Crippen molar-refractivity contribution in [3.63, 3.8) is 0 Å². The van der Waals surface area contributed by atoms with Crippen molar-refractivity contribution in [2.45, 2.75) is 33.1 Å². The molecule has 0 spiro atoms. The smallest absolute Gasteiger partial charge is 0.313 e. The molecule has 1 aromatic rings. The van der Waals surface area contributed by atoms with Crippen LogP contribution in [0.2, 0.25) is 0 Å². The zero-order valence-corrected chi connectivity index (χ0v) is 12.4. The normalized spacial score (nSPS) is 10.0. The lowest BCUT2D eigenvalue weighted by Crippen LogP contribution is -2.11. The molecule has 1 rings (SSSR count). The van der Waals surface area contributed by atoms with Gasteiger partial charge in [0.25, 0.3) is 0 Å². The summed E-state index contributed by atoms with van der Waals surface area (Å²) in [5, 5.41) is 0. The van der Waals surface area contributed by atoms with Crippen molar-refractivity contribution in [2.24, 2.45) is 0 Å². The lowest BCUT2D eigenvalue weighted by atomic mass is 10.0. The van der Waals surface area contributed by atoms with Crippen LogP contribution in [0.25, 0.3) is 0 Å². The van der Waals surface area contributed by atoms with Crippen LogP contribution in [0.3, 0.4) is 0 Å². The summed E-state index contributed by atoms with van der Waals surface area (Å²) in [7, 11) is 0. The molecule has 0 aliphatic heterocycles. The summed E-state index contributed by atoms with van der Waals surface area (Å²) in [4.78, 5) is 34.3. The van der Waals surface area contributed by atoms with Crippen molar-refractivity contribution in [3.05, 3.63) is 35.4 Å². The van der Waals surface area contributed by atoms with Gasteiger partial charge in [-0.2, -0.15) is 0 Å². The van der Waals surface area contributed by atoms with E-state index in [0.29, 0.717) is 25.0 Å². The van der Waals surface area contributed by atoms with Crippen LogP contribution >= 0.6 is 0 Å². The van der Waals surface area contributed by atoms with Crippen molar-refractivity contribution in [3.8, 4) is 0 Å². The van der Waals surface area contributed by atoms with Gasteiger partial charge in [-0.1, -0.05) is 24.3 Å². The predicted molar refractivity (Wildman–Crippen MR) is 77.0 cm³/mol. The highest BCUT2D eigenvalue weighted by Crippen LogP contribution is 2.10. The minimum absolute atomic E-state index is 0.236. The van der Waals surface area contributed by atoms with E-state index in [4.69, 9.17) is 9.47 Å². The second-order valence-corrected chi connectivity index (χ2v) is 4.41. The van der Waals surface area contributed by atoms with Crippen LogP contribution in [-0.2, 0) is 25.5 Å². The molecule has 0 saturated carbocycles. The Kier molecular flexibility index (Phi) is 7.15. The highest BCUT2D eigenvalue weighted by molar-refractivity contribution is 6.05. The first-order valence-corrected chi connectivity index (χ1v) is 7.00. The van der Waals surface area contributed by atoms with Crippen LogP contribution in [0.1, 0.15) is 42.6 Å². The average molecular weight is 292 g/mol. The summed E-state index contributed by atoms with van der Waals surface area (Å²) >= 11 is 0. The Morgan fingerprint density at radius 3 is 2.05 bits per heavy atom. The molecule has 0 radical (unpaired) electrons. The maximum atomic E-state index is 11.8. The Labute approximate surface area is 124 Å². The molecule has 1 aromatic carbocycles. The van der Waals surface area contributed by atoms with Crippen LogP contribution in [0.4, 0.5) is 0 Å². The number of rotatable bonds is 8. The molecule has 0 N–H and O–H groups in total. The highest BCUT2D eigenvalue weighted by atomic mass is 16.5. The molecule has 21 heavy (non-hydrogen) atoms. The van der Waals surface area contributed by atoms with E-state index in [1.807, 2.05) is 0 Å². The van der Waals surface area contributed by atoms with Crippen LogP contribution < -0.4 is 0 Å². The van der Waals surface area contributed by atoms with Crippen molar-refractivity contribution in [1.82, 2.24) is 0 Å². The van der Waals surface area contributed by atoms with Crippen molar-refractivity contribution in [1.29, 1.82) is 0 Å². The second kappa shape index (κ2) is 8.89. The van der Waals surface area contributed by atoms with E-state index in [9.17, 15) is 14.4 Å². The SMILES string of the molecule is CCOC(=O)CCc1ccc(C(=O)CC(=O)OCC)cc1. The maximum absolute atomic E-state index is 11.8. The fourth-order valence-electron chi connectivity index (χ4n) is 1.78. The average Bonchev–Trinajstić information content (AvgIpc) is 2.46. The molecule has 0 aliphatic carbocycles. The molecule has 0 heterocycles.